The lowest BCUT2D eigenvalue weighted by Gasteiger charge is -2.37. The lowest BCUT2D eigenvalue weighted by Crippen LogP contribution is -2.54. The van der Waals surface area contributed by atoms with Crippen LogP contribution in [0.15, 0.2) is 53.7 Å². The van der Waals surface area contributed by atoms with Crippen LogP contribution < -0.4 is 4.90 Å². The number of benzene rings is 1. The van der Waals surface area contributed by atoms with Crippen LogP contribution in [0.5, 0.6) is 0 Å². The lowest BCUT2D eigenvalue weighted by molar-refractivity contribution is -0.134. The fourth-order valence-corrected chi connectivity index (χ4v) is 5.47. The van der Waals surface area contributed by atoms with Crippen LogP contribution in [0.3, 0.4) is 0 Å². The highest BCUT2D eigenvalue weighted by Gasteiger charge is 2.41. The first kappa shape index (κ1) is 18.8. The lowest BCUT2D eigenvalue weighted by atomic mass is 10.2. The van der Waals surface area contributed by atoms with Gasteiger partial charge in [0.15, 0.2) is 0 Å². The molecule has 2 aliphatic heterocycles. The summed E-state index contributed by atoms with van der Waals surface area (Å²) in [6.45, 7) is 2.72. The van der Waals surface area contributed by atoms with E-state index in [0.29, 0.717) is 51.5 Å². The maximum Gasteiger partial charge on any atom is 0.243 e. The van der Waals surface area contributed by atoms with Crippen LogP contribution in [0.25, 0.3) is 0 Å². The van der Waals surface area contributed by atoms with Crippen LogP contribution in [-0.4, -0.2) is 72.3 Å². The molecule has 2 aromatic rings. The molecule has 0 bridgehead atoms. The Bertz CT molecular complexity index is 915. The van der Waals surface area contributed by atoms with Gasteiger partial charge in [0.1, 0.15) is 6.04 Å². The van der Waals surface area contributed by atoms with Crippen molar-refractivity contribution in [1.82, 2.24) is 19.2 Å². The van der Waals surface area contributed by atoms with Crippen LogP contribution in [0, 0.1) is 0 Å². The third-order valence-electron chi connectivity index (χ3n) is 5.26. The van der Waals surface area contributed by atoms with Crippen molar-refractivity contribution < 1.29 is 13.2 Å². The summed E-state index contributed by atoms with van der Waals surface area (Å²) in [7, 11) is -3.67. The number of amides is 1. The summed E-state index contributed by atoms with van der Waals surface area (Å²) in [5.41, 5.74) is 0. The monoisotopic (exact) mass is 401 g/mol. The molecule has 8 nitrogen and oxygen atoms in total. The van der Waals surface area contributed by atoms with Crippen LogP contribution in [0.4, 0.5) is 5.95 Å². The van der Waals surface area contributed by atoms with Crippen molar-refractivity contribution in [3.05, 3.63) is 48.8 Å². The molecule has 0 radical (unpaired) electrons. The zero-order valence-corrected chi connectivity index (χ0v) is 16.3. The first-order valence-electron chi connectivity index (χ1n) is 9.45. The Morgan fingerprint density at radius 3 is 2.29 bits per heavy atom. The minimum absolute atomic E-state index is 0.106. The third kappa shape index (κ3) is 3.59. The normalized spacial score (nSPS) is 21.1. The molecule has 3 heterocycles. The molecule has 0 aliphatic carbocycles. The van der Waals surface area contributed by atoms with E-state index in [1.807, 2.05) is 4.90 Å². The zero-order chi connectivity index (χ0) is 19.6. The number of hydrogen-bond acceptors (Lipinski definition) is 6. The van der Waals surface area contributed by atoms with E-state index >= 15 is 0 Å². The van der Waals surface area contributed by atoms with E-state index in [4.69, 9.17) is 0 Å². The first-order valence-corrected chi connectivity index (χ1v) is 10.9. The third-order valence-corrected chi connectivity index (χ3v) is 7.19. The molecular formula is C19H23N5O3S. The van der Waals surface area contributed by atoms with Gasteiger partial charge in [-0.3, -0.25) is 4.79 Å². The van der Waals surface area contributed by atoms with E-state index in [1.165, 1.54) is 4.31 Å². The van der Waals surface area contributed by atoms with Crippen LogP contribution in [-0.2, 0) is 14.8 Å². The highest BCUT2D eigenvalue weighted by molar-refractivity contribution is 7.89. The molecule has 2 fully saturated rings. The predicted molar refractivity (Wildman–Crippen MR) is 104 cm³/mol. The molecule has 2 saturated heterocycles. The highest BCUT2D eigenvalue weighted by atomic mass is 32.2. The van der Waals surface area contributed by atoms with E-state index in [2.05, 4.69) is 9.97 Å². The molecule has 0 unspecified atom stereocenters. The van der Waals surface area contributed by atoms with Crippen molar-refractivity contribution in [1.29, 1.82) is 0 Å². The van der Waals surface area contributed by atoms with Gasteiger partial charge < -0.3 is 9.80 Å². The van der Waals surface area contributed by atoms with Gasteiger partial charge in [-0.1, -0.05) is 18.2 Å². The molecule has 0 spiro atoms. The molecular weight excluding hydrogens is 378 g/mol. The molecule has 1 aromatic heterocycles. The molecule has 28 heavy (non-hydrogen) atoms. The zero-order valence-electron chi connectivity index (χ0n) is 15.5. The second-order valence-corrected chi connectivity index (χ2v) is 8.84. The van der Waals surface area contributed by atoms with Crippen molar-refractivity contribution in [2.75, 3.05) is 37.6 Å². The van der Waals surface area contributed by atoms with Crippen molar-refractivity contribution in [3.8, 4) is 0 Å². The quantitative estimate of drug-likeness (QED) is 0.759. The minimum atomic E-state index is -3.67. The van der Waals surface area contributed by atoms with Gasteiger partial charge in [-0.2, -0.15) is 4.31 Å². The van der Waals surface area contributed by atoms with Gasteiger partial charge in [-0.15, -0.1) is 0 Å². The fraction of sp³-hybridized carbons (Fsp3) is 0.421. The second kappa shape index (κ2) is 7.84. The van der Waals surface area contributed by atoms with Gasteiger partial charge >= 0.3 is 0 Å². The number of hydrogen-bond donors (Lipinski definition) is 0. The maximum atomic E-state index is 13.1. The van der Waals surface area contributed by atoms with Crippen molar-refractivity contribution in [2.45, 2.75) is 23.8 Å². The first-order chi connectivity index (χ1) is 13.6. The number of nitrogens with zero attached hydrogens (tertiary/aromatic N) is 5. The van der Waals surface area contributed by atoms with Crippen molar-refractivity contribution in [2.24, 2.45) is 0 Å². The SMILES string of the molecule is O=C([C@H]1CCCN1S(=O)(=O)c1ccccc1)N1CCN(c2ncccn2)CC1. The Labute approximate surface area is 164 Å². The molecule has 9 heteroatoms. The van der Waals surface area contributed by atoms with Gasteiger partial charge in [0.05, 0.1) is 4.90 Å². The number of anilines is 1. The van der Waals surface area contributed by atoms with E-state index in [0.717, 1.165) is 0 Å². The maximum absolute atomic E-state index is 13.1. The fourth-order valence-electron chi connectivity index (χ4n) is 3.79. The number of piperazine rings is 1. The minimum Gasteiger partial charge on any atom is -0.338 e. The Morgan fingerprint density at radius 1 is 0.929 bits per heavy atom. The van der Waals surface area contributed by atoms with Gasteiger partial charge in [-0.25, -0.2) is 18.4 Å². The van der Waals surface area contributed by atoms with Crippen molar-refractivity contribution in [3.63, 3.8) is 0 Å². The summed E-state index contributed by atoms with van der Waals surface area (Å²) in [6, 6.07) is 9.48. The van der Waals surface area contributed by atoms with Gasteiger partial charge in [0.25, 0.3) is 0 Å². The molecule has 148 valence electrons. The molecule has 1 atom stereocenters. The van der Waals surface area contributed by atoms with Crippen LogP contribution in [0.2, 0.25) is 0 Å². The number of rotatable bonds is 4. The van der Waals surface area contributed by atoms with E-state index in [9.17, 15) is 13.2 Å². The smallest absolute Gasteiger partial charge is 0.243 e. The summed E-state index contributed by atoms with van der Waals surface area (Å²) < 4.78 is 27.4. The highest BCUT2D eigenvalue weighted by Crippen LogP contribution is 2.27. The topological polar surface area (TPSA) is 86.7 Å². The predicted octanol–water partition coefficient (Wildman–Crippen LogP) is 0.978. The van der Waals surface area contributed by atoms with Crippen LogP contribution in [0.1, 0.15) is 12.8 Å². The Hall–Kier alpha value is -2.52. The largest absolute Gasteiger partial charge is 0.338 e. The van der Waals surface area contributed by atoms with E-state index < -0.39 is 16.1 Å². The summed E-state index contributed by atoms with van der Waals surface area (Å²) in [5.74, 6) is 0.550. The van der Waals surface area contributed by atoms with Crippen LogP contribution >= 0.6 is 0 Å². The Kier molecular flexibility index (Phi) is 5.27. The second-order valence-electron chi connectivity index (χ2n) is 6.95. The summed E-state index contributed by atoms with van der Waals surface area (Å²) in [6.07, 6.45) is 4.66. The molecule has 0 saturated carbocycles. The van der Waals surface area contributed by atoms with Crippen molar-refractivity contribution >= 4 is 21.9 Å². The average molecular weight is 401 g/mol. The van der Waals surface area contributed by atoms with Gasteiger partial charge in [0, 0.05) is 45.1 Å². The van der Waals surface area contributed by atoms with Gasteiger partial charge in [-0.05, 0) is 31.0 Å². The standard InChI is InChI=1S/C19H23N5O3S/c25-18(22-12-14-23(15-13-22)19-20-9-5-10-21-19)17-8-4-11-24(17)28(26,27)16-6-2-1-3-7-16/h1-3,5-7,9-10,17H,4,8,11-15H2/t17-/m1/s1. The molecule has 1 amide bonds. The molecule has 2 aliphatic rings. The molecule has 1 aromatic carbocycles. The molecule has 0 N–H and O–H groups in total. The summed E-state index contributed by atoms with van der Waals surface area (Å²) in [5, 5.41) is 0. The average Bonchev–Trinajstić information content (AvgIpc) is 3.25. The van der Waals surface area contributed by atoms with E-state index in [-0.39, 0.29) is 10.8 Å². The number of carbonyl (C=O) groups excluding carboxylic acids is 1. The Balaban J connectivity index is 1.45. The number of aromatic nitrogens is 2. The number of carbonyl (C=O) groups is 1. The Morgan fingerprint density at radius 2 is 1.61 bits per heavy atom. The summed E-state index contributed by atoms with van der Waals surface area (Å²) >= 11 is 0. The summed E-state index contributed by atoms with van der Waals surface area (Å²) in [4.78, 5) is 25.6. The number of sulfonamides is 1. The molecule has 4 rings (SSSR count). The van der Waals surface area contributed by atoms with Gasteiger partial charge in [0.2, 0.25) is 21.9 Å². The van der Waals surface area contributed by atoms with E-state index in [1.54, 1.807) is 53.7 Å².